The molecule has 0 aliphatic heterocycles. The minimum atomic E-state index is -3.58. The van der Waals surface area contributed by atoms with Crippen molar-refractivity contribution in [2.45, 2.75) is 74.6 Å². The van der Waals surface area contributed by atoms with Crippen molar-refractivity contribution in [3.05, 3.63) is 18.3 Å². The summed E-state index contributed by atoms with van der Waals surface area (Å²) in [4.78, 5) is 13.9. The molecule has 4 bridgehead atoms. The van der Waals surface area contributed by atoms with E-state index in [-0.39, 0.29) is 15.6 Å². The highest BCUT2D eigenvalue weighted by atomic mass is 32.2. The molecule has 0 spiro atoms. The zero-order valence-corrected chi connectivity index (χ0v) is 20.7. The first-order valence-electron chi connectivity index (χ1n) is 11.8. The van der Waals surface area contributed by atoms with E-state index in [0.29, 0.717) is 29.7 Å². The molecule has 2 aromatic rings. The Labute approximate surface area is 194 Å². The fourth-order valence-electron chi connectivity index (χ4n) is 6.85. The SMILES string of the molecule is CCN(CC)S(=O)(=O)c1ccc2nnc(S[C@@H](C)C(=O)C34CC5CC(CC(C5)C3)C4)n2c1. The zero-order valence-electron chi connectivity index (χ0n) is 19.0. The van der Waals surface area contributed by atoms with Crippen molar-refractivity contribution >= 4 is 33.2 Å². The number of carbonyl (C=O) groups excluding carboxylic acids is 1. The van der Waals surface area contributed by atoms with Crippen molar-refractivity contribution in [1.29, 1.82) is 0 Å². The summed E-state index contributed by atoms with van der Waals surface area (Å²) in [5, 5.41) is 8.83. The molecule has 9 heteroatoms. The molecule has 4 aliphatic rings. The molecule has 6 rings (SSSR count). The van der Waals surface area contributed by atoms with Gasteiger partial charge in [-0.25, -0.2) is 8.42 Å². The monoisotopic (exact) mass is 476 g/mol. The number of pyridine rings is 1. The standard InChI is InChI=1S/C23H32N4O3S2/c1-4-26(5-2)32(29,30)19-6-7-20-24-25-22(27(20)14-19)31-15(3)21(28)23-11-16-8-17(12-23)10-18(9-16)13-23/h6-7,14-18H,4-5,8-13H2,1-3H3/t15-,16?,17?,18?,23?/m0/s1. The first-order valence-corrected chi connectivity index (χ1v) is 14.1. The van der Waals surface area contributed by atoms with Gasteiger partial charge in [0.15, 0.2) is 16.6 Å². The molecule has 4 aliphatic carbocycles. The van der Waals surface area contributed by atoms with Crippen LogP contribution in [0.3, 0.4) is 0 Å². The average Bonchev–Trinajstić information content (AvgIpc) is 3.15. The molecule has 0 saturated heterocycles. The summed E-state index contributed by atoms with van der Waals surface area (Å²) in [5.41, 5.74) is 0.430. The van der Waals surface area contributed by atoms with Crippen LogP contribution in [0.1, 0.15) is 59.3 Å². The fourth-order valence-corrected chi connectivity index (χ4v) is 9.33. The van der Waals surface area contributed by atoms with Crippen molar-refractivity contribution in [3.63, 3.8) is 0 Å². The van der Waals surface area contributed by atoms with E-state index in [1.807, 2.05) is 20.8 Å². The van der Waals surface area contributed by atoms with Crippen LogP contribution in [-0.2, 0) is 14.8 Å². The molecular formula is C23H32N4O3S2. The Morgan fingerprint density at radius 1 is 1.12 bits per heavy atom. The van der Waals surface area contributed by atoms with Crippen molar-refractivity contribution in [2.75, 3.05) is 13.1 Å². The van der Waals surface area contributed by atoms with E-state index in [1.54, 1.807) is 22.7 Å². The lowest BCUT2D eigenvalue weighted by Crippen LogP contribution is -2.51. The Kier molecular flexibility index (Phi) is 5.65. The van der Waals surface area contributed by atoms with Crippen LogP contribution in [0.25, 0.3) is 5.65 Å². The van der Waals surface area contributed by atoms with Gasteiger partial charge in [-0.1, -0.05) is 25.6 Å². The number of rotatable bonds is 8. The predicted octanol–water partition coefficient (Wildman–Crippen LogP) is 4.03. The predicted molar refractivity (Wildman–Crippen MR) is 124 cm³/mol. The normalized spacial score (nSPS) is 30.3. The summed E-state index contributed by atoms with van der Waals surface area (Å²) >= 11 is 1.41. The third-order valence-electron chi connectivity index (χ3n) is 7.90. The Hall–Kier alpha value is -1.45. The number of aromatic nitrogens is 3. The molecule has 4 saturated carbocycles. The van der Waals surface area contributed by atoms with Gasteiger partial charge < -0.3 is 0 Å². The molecule has 7 nitrogen and oxygen atoms in total. The van der Waals surface area contributed by atoms with Gasteiger partial charge in [0.25, 0.3) is 0 Å². The molecule has 1 atom stereocenters. The van der Waals surface area contributed by atoms with Crippen LogP contribution in [-0.4, -0.2) is 51.4 Å². The summed E-state index contributed by atoms with van der Waals surface area (Å²) in [6, 6.07) is 3.26. The number of carbonyl (C=O) groups is 1. The van der Waals surface area contributed by atoms with Crippen LogP contribution in [0.15, 0.2) is 28.4 Å². The van der Waals surface area contributed by atoms with Gasteiger partial charge >= 0.3 is 0 Å². The maximum atomic E-state index is 13.7. The number of ketones is 1. The zero-order chi connectivity index (χ0) is 22.7. The van der Waals surface area contributed by atoms with Gasteiger partial charge in [-0.15, -0.1) is 10.2 Å². The van der Waals surface area contributed by atoms with Crippen LogP contribution in [0.4, 0.5) is 0 Å². The molecule has 0 aromatic carbocycles. The van der Waals surface area contributed by atoms with Crippen LogP contribution >= 0.6 is 11.8 Å². The third kappa shape index (κ3) is 3.60. The van der Waals surface area contributed by atoms with Gasteiger partial charge in [0.2, 0.25) is 10.0 Å². The lowest BCUT2D eigenvalue weighted by atomic mass is 9.48. The molecule has 0 N–H and O–H groups in total. The Bertz CT molecular complexity index is 1100. The van der Waals surface area contributed by atoms with Gasteiger partial charge in [0, 0.05) is 24.7 Å². The van der Waals surface area contributed by atoms with Crippen LogP contribution < -0.4 is 0 Å². The molecule has 0 unspecified atom stereocenters. The average molecular weight is 477 g/mol. The minimum absolute atomic E-state index is 0.154. The summed E-state index contributed by atoms with van der Waals surface area (Å²) in [7, 11) is -3.58. The second kappa shape index (κ2) is 8.09. The molecule has 32 heavy (non-hydrogen) atoms. The second-order valence-corrected chi connectivity index (χ2v) is 13.2. The lowest BCUT2D eigenvalue weighted by Gasteiger charge is -2.56. The highest BCUT2D eigenvalue weighted by molar-refractivity contribution is 8.00. The van der Waals surface area contributed by atoms with E-state index in [2.05, 4.69) is 10.2 Å². The van der Waals surface area contributed by atoms with Crippen molar-refractivity contribution in [2.24, 2.45) is 23.2 Å². The summed E-state index contributed by atoms with van der Waals surface area (Å²) < 4.78 is 29.1. The Morgan fingerprint density at radius 3 is 2.28 bits per heavy atom. The summed E-state index contributed by atoms with van der Waals surface area (Å²) in [5.74, 6) is 2.53. The third-order valence-corrected chi connectivity index (χ3v) is 11.0. The van der Waals surface area contributed by atoms with E-state index in [0.717, 1.165) is 37.0 Å². The number of fused-ring (bicyclic) bond motifs is 1. The fraction of sp³-hybridized carbons (Fsp3) is 0.696. The first-order chi connectivity index (χ1) is 15.3. The molecule has 0 radical (unpaired) electrons. The van der Waals surface area contributed by atoms with Crippen molar-refractivity contribution in [3.8, 4) is 0 Å². The van der Waals surface area contributed by atoms with Gasteiger partial charge in [0.1, 0.15) is 0 Å². The molecule has 4 fully saturated rings. The quantitative estimate of drug-likeness (QED) is 0.535. The summed E-state index contributed by atoms with van der Waals surface area (Å²) in [6.45, 7) is 6.46. The highest BCUT2D eigenvalue weighted by Crippen LogP contribution is 2.61. The largest absolute Gasteiger partial charge is 0.298 e. The Balaban J connectivity index is 1.40. The minimum Gasteiger partial charge on any atom is -0.298 e. The molecular weight excluding hydrogens is 444 g/mol. The van der Waals surface area contributed by atoms with Crippen LogP contribution in [0, 0.1) is 23.2 Å². The summed E-state index contributed by atoms with van der Waals surface area (Å²) in [6.07, 6.45) is 8.68. The molecule has 2 aromatic heterocycles. The molecule has 0 amide bonds. The van der Waals surface area contributed by atoms with Crippen LogP contribution in [0.5, 0.6) is 0 Å². The lowest BCUT2D eigenvalue weighted by molar-refractivity contribution is -0.143. The maximum Gasteiger partial charge on any atom is 0.244 e. The van der Waals surface area contributed by atoms with E-state index in [1.165, 1.54) is 35.3 Å². The topological polar surface area (TPSA) is 84.6 Å². The maximum absolute atomic E-state index is 13.7. The van der Waals surface area contributed by atoms with Gasteiger partial charge in [-0.05, 0) is 75.3 Å². The smallest absolute Gasteiger partial charge is 0.244 e. The van der Waals surface area contributed by atoms with E-state index < -0.39 is 10.0 Å². The number of sulfonamides is 1. The molecule has 174 valence electrons. The first kappa shape index (κ1) is 22.3. The van der Waals surface area contributed by atoms with E-state index in [4.69, 9.17) is 0 Å². The number of hydrogen-bond donors (Lipinski definition) is 0. The second-order valence-electron chi connectivity index (χ2n) is 9.99. The Morgan fingerprint density at radius 2 is 1.72 bits per heavy atom. The van der Waals surface area contributed by atoms with Crippen molar-refractivity contribution in [1.82, 2.24) is 18.9 Å². The van der Waals surface area contributed by atoms with Crippen molar-refractivity contribution < 1.29 is 13.2 Å². The molecule has 2 heterocycles. The van der Waals surface area contributed by atoms with Gasteiger partial charge in [-0.3, -0.25) is 9.20 Å². The number of Topliss-reactive ketones (excluding diaryl/α,β-unsaturated/α-hetero) is 1. The number of thioether (sulfide) groups is 1. The van der Waals surface area contributed by atoms with Gasteiger partial charge in [0.05, 0.1) is 10.1 Å². The van der Waals surface area contributed by atoms with Gasteiger partial charge in [-0.2, -0.15) is 4.31 Å². The van der Waals surface area contributed by atoms with E-state index in [9.17, 15) is 13.2 Å². The van der Waals surface area contributed by atoms with Crippen LogP contribution in [0.2, 0.25) is 0 Å². The van der Waals surface area contributed by atoms with E-state index >= 15 is 0 Å². The number of nitrogens with zero attached hydrogens (tertiary/aromatic N) is 4. The highest BCUT2D eigenvalue weighted by Gasteiger charge is 2.55. The number of hydrogen-bond acceptors (Lipinski definition) is 6.